The number of nitrogens with one attached hydrogen (secondary N) is 2. The number of hydrogen-bond donors (Lipinski definition) is 3. The van der Waals surface area contributed by atoms with Gasteiger partial charge in [0.25, 0.3) is 5.56 Å². The van der Waals surface area contributed by atoms with Crippen LogP contribution >= 0.6 is 0 Å². The number of hydrogen-bond acceptors (Lipinski definition) is 7. The molecule has 1 fully saturated rings. The number of fused-ring (bicyclic) bond motifs is 1. The fraction of sp³-hybridized carbons (Fsp3) is 0.250. The summed E-state index contributed by atoms with van der Waals surface area (Å²) < 4.78 is 14.8. The van der Waals surface area contributed by atoms with Gasteiger partial charge in [0.05, 0.1) is 17.6 Å². The number of halogens is 1. The molecule has 3 aromatic heterocycles. The SMILES string of the molecule is Nc1cc2cnc(Nc3ccc(NCc4ccc(F)cc4)cn3)nc2n(C2CCCC2)c1=O. The van der Waals surface area contributed by atoms with Crippen LogP contribution in [0.2, 0.25) is 0 Å². The molecule has 3 heterocycles. The Bertz CT molecular complexity index is 1330. The Morgan fingerprint density at radius 3 is 2.58 bits per heavy atom. The molecule has 0 aliphatic heterocycles. The van der Waals surface area contributed by atoms with Gasteiger partial charge in [0, 0.05) is 24.2 Å². The highest BCUT2D eigenvalue weighted by Crippen LogP contribution is 2.31. The average molecular weight is 446 g/mol. The van der Waals surface area contributed by atoms with Gasteiger partial charge < -0.3 is 16.4 Å². The topological polar surface area (TPSA) is 111 Å². The fourth-order valence-electron chi connectivity index (χ4n) is 4.20. The van der Waals surface area contributed by atoms with E-state index >= 15 is 0 Å². The number of nitrogens with zero attached hydrogens (tertiary/aromatic N) is 4. The molecule has 9 heteroatoms. The van der Waals surface area contributed by atoms with E-state index in [-0.39, 0.29) is 23.1 Å². The van der Waals surface area contributed by atoms with Crippen molar-refractivity contribution in [2.45, 2.75) is 38.3 Å². The maximum absolute atomic E-state index is 13.0. The molecular weight excluding hydrogens is 421 g/mol. The van der Waals surface area contributed by atoms with Gasteiger partial charge in [0.2, 0.25) is 5.95 Å². The Morgan fingerprint density at radius 1 is 1.06 bits per heavy atom. The fourth-order valence-corrected chi connectivity index (χ4v) is 4.20. The largest absolute Gasteiger partial charge is 0.394 e. The number of nitrogens with two attached hydrogens (primary N) is 1. The van der Waals surface area contributed by atoms with Crippen molar-refractivity contribution in [2.75, 3.05) is 16.4 Å². The Balaban J connectivity index is 1.34. The molecule has 0 atom stereocenters. The third-order valence-corrected chi connectivity index (χ3v) is 5.90. The molecule has 168 valence electrons. The standard InChI is InChI=1S/C24H24FN7O/c25-17-7-5-15(6-8-17)12-27-18-9-10-21(28-14-18)30-24-29-13-16-11-20(26)23(33)32(22(16)31-24)19-3-1-2-4-19/h5-11,13-14,19,27H,1-4,12,26H2,(H,28,29,30,31). The summed E-state index contributed by atoms with van der Waals surface area (Å²) in [4.78, 5) is 26.2. The molecule has 33 heavy (non-hydrogen) atoms. The maximum atomic E-state index is 13.0. The summed E-state index contributed by atoms with van der Waals surface area (Å²) in [5, 5.41) is 7.09. The Labute approximate surface area is 189 Å². The van der Waals surface area contributed by atoms with Gasteiger partial charge in [-0.3, -0.25) is 9.36 Å². The molecule has 0 saturated heterocycles. The molecule has 4 N–H and O–H groups in total. The lowest BCUT2D eigenvalue weighted by Crippen LogP contribution is -2.27. The summed E-state index contributed by atoms with van der Waals surface area (Å²) >= 11 is 0. The van der Waals surface area contributed by atoms with E-state index in [9.17, 15) is 9.18 Å². The lowest BCUT2D eigenvalue weighted by atomic mass is 10.2. The Morgan fingerprint density at radius 2 is 1.85 bits per heavy atom. The summed E-state index contributed by atoms with van der Waals surface area (Å²) in [5.41, 5.74) is 8.35. The maximum Gasteiger partial charge on any atom is 0.275 e. The van der Waals surface area contributed by atoms with Crippen LogP contribution in [0.4, 0.5) is 27.5 Å². The van der Waals surface area contributed by atoms with Crippen LogP contribution in [0.5, 0.6) is 0 Å². The second-order valence-electron chi connectivity index (χ2n) is 8.22. The van der Waals surface area contributed by atoms with E-state index < -0.39 is 0 Å². The molecule has 4 aromatic rings. The zero-order valence-corrected chi connectivity index (χ0v) is 18.0. The molecule has 0 unspecified atom stereocenters. The van der Waals surface area contributed by atoms with Crippen LogP contribution in [0.15, 0.2) is 59.7 Å². The summed E-state index contributed by atoms with van der Waals surface area (Å²) in [6.07, 6.45) is 7.44. The van der Waals surface area contributed by atoms with Crippen molar-refractivity contribution in [3.63, 3.8) is 0 Å². The Hall–Kier alpha value is -4.01. The van der Waals surface area contributed by atoms with Crippen molar-refractivity contribution < 1.29 is 4.39 Å². The van der Waals surface area contributed by atoms with Crippen molar-refractivity contribution in [3.05, 3.63) is 76.6 Å². The number of benzene rings is 1. The normalized spacial score (nSPS) is 14.0. The minimum Gasteiger partial charge on any atom is -0.394 e. The van der Waals surface area contributed by atoms with Crippen LogP contribution in [0.3, 0.4) is 0 Å². The second-order valence-corrected chi connectivity index (χ2v) is 8.22. The van der Waals surface area contributed by atoms with Crippen molar-refractivity contribution in [3.8, 4) is 0 Å². The van der Waals surface area contributed by atoms with Gasteiger partial charge in [-0.1, -0.05) is 25.0 Å². The van der Waals surface area contributed by atoms with E-state index in [0.717, 1.165) is 42.3 Å². The van der Waals surface area contributed by atoms with Gasteiger partial charge in [-0.15, -0.1) is 0 Å². The van der Waals surface area contributed by atoms with Gasteiger partial charge in [-0.25, -0.2) is 14.4 Å². The zero-order valence-electron chi connectivity index (χ0n) is 18.0. The van der Waals surface area contributed by atoms with Crippen LogP contribution < -0.4 is 21.9 Å². The van der Waals surface area contributed by atoms with E-state index in [1.807, 2.05) is 12.1 Å². The average Bonchev–Trinajstić information content (AvgIpc) is 3.35. The molecule has 0 spiro atoms. The molecule has 8 nitrogen and oxygen atoms in total. The van der Waals surface area contributed by atoms with E-state index in [4.69, 9.17) is 5.73 Å². The van der Waals surface area contributed by atoms with E-state index in [1.165, 1.54) is 12.1 Å². The molecule has 0 amide bonds. The highest BCUT2D eigenvalue weighted by molar-refractivity contribution is 5.79. The van der Waals surface area contributed by atoms with Crippen LogP contribution in [0.25, 0.3) is 11.0 Å². The quantitative estimate of drug-likeness (QED) is 0.404. The molecular formula is C24H24FN7O. The minimum atomic E-state index is -0.254. The monoisotopic (exact) mass is 445 g/mol. The molecule has 5 rings (SSSR count). The van der Waals surface area contributed by atoms with Gasteiger partial charge >= 0.3 is 0 Å². The summed E-state index contributed by atoms with van der Waals surface area (Å²) in [5.74, 6) is 0.681. The lowest BCUT2D eigenvalue weighted by molar-refractivity contribution is 0.517. The highest BCUT2D eigenvalue weighted by Gasteiger charge is 2.22. The minimum absolute atomic E-state index is 0.107. The van der Waals surface area contributed by atoms with E-state index in [0.29, 0.717) is 24.0 Å². The van der Waals surface area contributed by atoms with Crippen molar-refractivity contribution in [2.24, 2.45) is 0 Å². The summed E-state index contributed by atoms with van der Waals surface area (Å²) in [6, 6.07) is 11.8. The predicted molar refractivity (Wildman–Crippen MR) is 127 cm³/mol. The highest BCUT2D eigenvalue weighted by atomic mass is 19.1. The van der Waals surface area contributed by atoms with Gasteiger partial charge in [0.1, 0.15) is 17.3 Å². The first kappa shape index (κ1) is 20.9. The molecule has 1 aliphatic rings. The number of rotatable bonds is 6. The number of nitrogen functional groups attached to an aromatic ring is 1. The number of anilines is 4. The summed E-state index contributed by atoms with van der Waals surface area (Å²) in [7, 11) is 0. The van der Waals surface area contributed by atoms with Gasteiger partial charge in [0.15, 0.2) is 0 Å². The smallest absolute Gasteiger partial charge is 0.275 e. The van der Waals surface area contributed by atoms with E-state index in [2.05, 4.69) is 25.6 Å². The van der Waals surface area contributed by atoms with Crippen molar-refractivity contribution in [1.82, 2.24) is 19.5 Å². The molecule has 0 radical (unpaired) electrons. The first-order chi connectivity index (χ1) is 16.1. The van der Waals surface area contributed by atoms with Gasteiger partial charge in [-0.2, -0.15) is 4.98 Å². The zero-order chi connectivity index (χ0) is 22.8. The molecule has 1 saturated carbocycles. The lowest BCUT2D eigenvalue weighted by Gasteiger charge is -2.17. The van der Waals surface area contributed by atoms with E-state index in [1.54, 1.807) is 35.2 Å². The molecule has 1 aromatic carbocycles. The molecule has 1 aliphatic carbocycles. The van der Waals surface area contributed by atoms with Gasteiger partial charge in [-0.05, 0) is 48.7 Å². The molecule has 0 bridgehead atoms. The summed E-state index contributed by atoms with van der Waals surface area (Å²) in [6.45, 7) is 0.560. The number of aromatic nitrogens is 4. The first-order valence-electron chi connectivity index (χ1n) is 11.0. The second kappa shape index (κ2) is 8.85. The third-order valence-electron chi connectivity index (χ3n) is 5.90. The third kappa shape index (κ3) is 4.48. The number of pyridine rings is 2. The van der Waals surface area contributed by atoms with Crippen LogP contribution in [-0.2, 0) is 6.54 Å². The van der Waals surface area contributed by atoms with Crippen LogP contribution in [-0.4, -0.2) is 19.5 Å². The van der Waals surface area contributed by atoms with Crippen LogP contribution in [0, 0.1) is 5.82 Å². The first-order valence-corrected chi connectivity index (χ1v) is 11.0. The Kier molecular flexibility index (Phi) is 5.60. The predicted octanol–water partition coefficient (Wildman–Crippen LogP) is 4.38. The van der Waals surface area contributed by atoms with Crippen molar-refractivity contribution >= 4 is 34.2 Å². The van der Waals surface area contributed by atoms with Crippen LogP contribution in [0.1, 0.15) is 37.3 Å². The van der Waals surface area contributed by atoms with Crippen molar-refractivity contribution in [1.29, 1.82) is 0 Å².